The minimum Gasteiger partial charge on any atom is -0.340 e. The number of nitrogens with zero attached hydrogens (tertiary/aromatic N) is 2. The predicted molar refractivity (Wildman–Crippen MR) is 101 cm³/mol. The van der Waals surface area contributed by atoms with Crippen molar-refractivity contribution in [3.05, 3.63) is 41.9 Å². The van der Waals surface area contributed by atoms with Gasteiger partial charge in [0.1, 0.15) is 5.82 Å². The van der Waals surface area contributed by atoms with Crippen LogP contribution < -0.4 is 5.73 Å². The standard InChI is InChI=1S/C17H22N4O.2ClH/c1-11-5-3-6-13(9-11)14-10-19-16(20-14)15-7-4-8-21(15)17(22)12(2)18;;/h3,5-6,9-10,12,15H,4,7-8,18H2,1-2H3,(H,19,20);2*1H/t12-,15?;;/m1../s1. The molecule has 2 heterocycles. The van der Waals surface area contributed by atoms with Gasteiger partial charge in [-0.1, -0.05) is 23.8 Å². The number of likely N-dealkylation sites (tertiary alicyclic amines) is 1. The molecular formula is C17H24Cl2N4O. The summed E-state index contributed by atoms with van der Waals surface area (Å²) in [7, 11) is 0. The van der Waals surface area contributed by atoms with Crippen LogP contribution in [0.2, 0.25) is 0 Å². The average Bonchev–Trinajstić information content (AvgIpc) is 3.15. The molecule has 0 aliphatic carbocycles. The highest BCUT2D eigenvalue weighted by atomic mass is 35.5. The van der Waals surface area contributed by atoms with E-state index in [9.17, 15) is 4.79 Å². The van der Waals surface area contributed by atoms with Crippen molar-refractivity contribution in [2.24, 2.45) is 5.73 Å². The first-order valence-corrected chi connectivity index (χ1v) is 7.74. The fourth-order valence-corrected chi connectivity index (χ4v) is 3.04. The Bertz CT molecular complexity index is 687. The van der Waals surface area contributed by atoms with Crippen LogP contribution in [0.3, 0.4) is 0 Å². The second kappa shape index (κ2) is 8.51. The molecule has 3 N–H and O–H groups in total. The molecule has 1 aromatic carbocycles. The number of H-pyrrole nitrogens is 1. The lowest BCUT2D eigenvalue weighted by molar-refractivity contribution is -0.133. The molecule has 1 aliphatic rings. The minimum atomic E-state index is -0.466. The van der Waals surface area contributed by atoms with E-state index in [1.165, 1.54) is 5.56 Å². The number of aromatic nitrogens is 2. The molecule has 1 amide bonds. The second-order valence-corrected chi connectivity index (χ2v) is 6.03. The third-order valence-electron chi connectivity index (χ3n) is 4.17. The number of hydrogen-bond acceptors (Lipinski definition) is 3. The van der Waals surface area contributed by atoms with Crippen LogP contribution in [0.25, 0.3) is 11.3 Å². The Hall–Kier alpha value is -1.56. The number of benzene rings is 1. The fourth-order valence-electron chi connectivity index (χ4n) is 3.04. The molecule has 0 spiro atoms. The Morgan fingerprint density at radius 3 is 2.83 bits per heavy atom. The van der Waals surface area contributed by atoms with E-state index in [4.69, 9.17) is 5.73 Å². The third kappa shape index (κ3) is 4.09. The maximum atomic E-state index is 12.2. The van der Waals surface area contributed by atoms with Crippen LogP contribution in [-0.4, -0.2) is 33.4 Å². The summed E-state index contributed by atoms with van der Waals surface area (Å²) < 4.78 is 0. The Morgan fingerprint density at radius 2 is 2.17 bits per heavy atom. The van der Waals surface area contributed by atoms with Gasteiger partial charge >= 0.3 is 0 Å². The normalized spacial score (nSPS) is 17.8. The Morgan fingerprint density at radius 1 is 1.42 bits per heavy atom. The van der Waals surface area contributed by atoms with Gasteiger partial charge in [-0.05, 0) is 38.3 Å². The molecule has 24 heavy (non-hydrogen) atoms. The highest BCUT2D eigenvalue weighted by Gasteiger charge is 2.33. The Labute approximate surface area is 154 Å². The fraction of sp³-hybridized carbons (Fsp3) is 0.412. The van der Waals surface area contributed by atoms with Gasteiger partial charge in [-0.2, -0.15) is 0 Å². The predicted octanol–water partition coefficient (Wildman–Crippen LogP) is 3.24. The van der Waals surface area contributed by atoms with Gasteiger partial charge in [0.25, 0.3) is 0 Å². The van der Waals surface area contributed by atoms with Crippen LogP contribution in [0.1, 0.15) is 37.2 Å². The van der Waals surface area contributed by atoms with Gasteiger partial charge in [-0.3, -0.25) is 4.79 Å². The lowest BCUT2D eigenvalue weighted by Gasteiger charge is -2.24. The zero-order valence-electron chi connectivity index (χ0n) is 13.9. The molecule has 5 nitrogen and oxygen atoms in total. The summed E-state index contributed by atoms with van der Waals surface area (Å²) in [6.45, 7) is 4.56. The van der Waals surface area contributed by atoms with Crippen LogP contribution in [0.4, 0.5) is 0 Å². The van der Waals surface area contributed by atoms with Crippen LogP contribution in [0, 0.1) is 6.92 Å². The molecule has 7 heteroatoms. The van der Waals surface area contributed by atoms with Gasteiger partial charge in [0.2, 0.25) is 5.91 Å². The SMILES string of the molecule is Cc1cccc(-c2cnc(C3CCCN3C(=O)[C@@H](C)N)[nH]2)c1.Cl.Cl. The quantitative estimate of drug-likeness (QED) is 0.870. The number of aromatic amines is 1. The van der Waals surface area contributed by atoms with Gasteiger partial charge in [0.15, 0.2) is 0 Å². The number of amides is 1. The molecule has 0 saturated carbocycles. The molecular weight excluding hydrogens is 347 g/mol. The first kappa shape index (κ1) is 20.5. The molecule has 2 atom stereocenters. The third-order valence-corrected chi connectivity index (χ3v) is 4.17. The second-order valence-electron chi connectivity index (χ2n) is 6.03. The molecule has 3 rings (SSSR count). The summed E-state index contributed by atoms with van der Waals surface area (Å²) in [5.41, 5.74) is 9.06. The number of rotatable bonds is 3. The smallest absolute Gasteiger partial charge is 0.239 e. The summed E-state index contributed by atoms with van der Waals surface area (Å²) in [5.74, 6) is 0.846. The number of carbonyl (C=O) groups is 1. The first-order chi connectivity index (χ1) is 10.6. The van der Waals surface area contributed by atoms with Crippen LogP contribution in [0.15, 0.2) is 30.5 Å². The summed E-state index contributed by atoms with van der Waals surface area (Å²) in [6, 6.07) is 7.83. The van der Waals surface area contributed by atoms with Gasteiger partial charge in [0, 0.05) is 6.54 Å². The van der Waals surface area contributed by atoms with Gasteiger partial charge in [0.05, 0.1) is 24.0 Å². The van der Waals surface area contributed by atoms with E-state index in [1.54, 1.807) is 6.92 Å². The average molecular weight is 371 g/mol. The van der Waals surface area contributed by atoms with E-state index in [0.717, 1.165) is 36.5 Å². The number of halogens is 2. The van der Waals surface area contributed by atoms with Crippen LogP contribution in [-0.2, 0) is 4.79 Å². The van der Waals surface area contributed by atoms with E-state index in [-0.39, 0.29) is 36.8 Å². The first-order valence-electron chi connectivity index (χ1n) is 7.74. The number of carbonyl (C=O) groups excluding carboxylic acids is 1. The van der Waals surface area contributed by atoms with Crippen LogP contribution >= 0.6 is 24.8 Å². The summed E-state index contributed by atoms with van der Waals surface area (Å²) >= 11 is 0. The number of nitrogens with one attached hydrogen (secondary N) is 1. The van der Waals surface area contributed by atoms with E-state index >= 15 is 0 Å². The van der Waals surface area contributed by atoms with Crippen LogP contribution in [0.5, 0.6) is 0 Å². The highest BCUT2D eigenvalue weighted by molar-refractivity contribution is 5.85. The van der Waals surface area contributed by atoms with E-state index in [0.29, 0.717) is 0 Å². The van der Waals surface area contributed by atoms with Crippen molar-refractivity contribution in [1.29, 1.82) is 0 Å². The van der Waals surface area contributed by atoms with Crippen molar-refractivity contribution >= 4 is 30.7 Å². The zero-order chi connectivity index (χ0) is 15.7. The Balaban J connectivity index is 0.00000144. The van der Waals surface area contributed by atoms with E-state index in [1.807, 2.05) is 17.2 Å². The number of hydrogen-bond donors (Lipinski definition) is 2. The molecule has 1 fully saturated rings. The van der Waals surface area contributed by atoms with E-state index in [2.05, 4.69) is 35.1 Å². The monoisotopic (exact) mass is 370 g/mol. The number of aryl methyl sites for hydroxylation is 1. The topological polar surface area (TPSA) is 75.0 Å². The molecule has 1 aliphatic heterocycles. The number of nitrogens with two attached hydrogens (primary N) is 1. The van der Waals surface area contributed by atoms with Gasteiger partial charge in [-0.15, -0.1) is 24.8 Å². The molecule has 132 valence electrons. The molecule has 0 radical (unpaired) electrons. The maximum Gasteiger partial charge on any atom is 0.239 e. The van der Waals surface area contributed by atoms with Crippen molar-refractivity contribution in [2.75, 3.05) is 6.54 Å². The maximum absolute atomic E-state index is 12.2. The lowest BCUT2D eigenvalue weighted by atomic mass is 10.1. The molecule has 1 saturated heterocycles. The minimum absolute atomic E-state index is 0. The largest absolute Gasteiger partial charge is 0.340 e. The van der Waals surface area contributed by atoms with Crippen molar-refractivity contribution in [3.8, 4) is 11.3 Å². The van der Waals surface area contributed by atoms with Crippen molar-refractivity contribution < 1.29 is 4.79 Å². The van der Waals surface area contributed by atoms with Crippen molar-refractivity contribution in [1.82, 2.24) is 14.9 Å². The van der Waals surface area contributed by atoms with E-state index < -0.39 is 6.04 Å². The lowest BCUT2D eigenvalue weighted by Crippen LogP contribution is -2.41. The van der Waals surface area contributed by atoms with Crippen molar-refractivity contribution in [2.45, 2.75) is 38.8 Å². The van der Waals surface area contributed by atoms with Crippen molar-refractivity contribution in [3.63, 3.8) is 0 Å². The highest BCUT2D eigenvalue weighted by Crippen LogP contribution is 2.31. The molecule has 1 unspecified atom stereocenters. The molecule has 2 aromatic rings. The zero-order valence-corrected chi connectivity index (χ0v) is 15.5. The Kier molecular flexibility index (Phi) is 7.27. The summed E-state index contributed by atoms with van der Waals surface area (Å²) in [6.07, 6.45) is 3.76. The molecule has 1 aromatic heterocycles. The number of imidazole rings is 1. The van der Waals surface area contributed by atoms with Gasteiger partial charge < -0.3 is 15.6 Å². The molecule has 0 bridgehead atoms. The summed E-state index contributed by atoms with van der Waals surface area (Å²) in [5, 5.41) is 0. The van der Waals surface area contributed by atoms with Gasteiger partial charge in [-0.25, -0.2) is 4.98 Å². The summed E-state index contributed by atoms with van der Waals surface area (Å²) in [4.78, 5) is 21.9.